The lowest BCUT2D eigenvalue weighted by molar-refractivity contribution is 0.0200. The van der Waals surface area contributed by atoms with E-state index in [4.69, 9.17) is 4.74 Å². The van der Waals surface area contributed by atoms with Crippen LogP contribution < -0.4 is 10.1 Å². The third-order valence-electron chi connectivity index (χ3n) is 2.83. The molecule has 0 unspecified atom stereocenters. The maximum Gasteiger partial charge on any atom is 0.343 e. The number of morpholine rings is 1. The molecule has 2 amide bonds. The first kappa shape index (κ1) is 14.8. The van der Waals surface area contributed by atoms with Crippen molar-refractivity contribution in [2.45, 2.75) is 11.8 Å². The van der Waals surface area contributed by atoms with Gasteiger partial charge in [-0.2, -0.15) is 0 Å². The van der Waals surface area contributed by atoms with E-state index in [-0.39, 0.29) is 4.90 Å². The maximum absolute atomic E-state index is 12.0. The Labute approximate surface area is 117 Å². The highest BCUT2D eigenvalue weighted by Crippen LogP contribution is 2.09. The molecule has 1 aromatic rings. The molecule has 1 heterocycles. The van der Waals surface area contributed by atoms with Crippen LogP contribution in [0.4, 0.5) is 4.79 Å². The summed E-state index contributed by atoms with van der Waals surface area (Å²) in [7, 11) is -3.85. The minimum absolute atomic E-state index is 0.0558. The second kappa shape index (κ2) is 6.21. The predicted molar refractivity (Wildman–Crippen MR) is 72.4 cm³/mol. The van der Waals surface area contributed by atoms with Gasteiger partial charge in [-0.1, -0.05) is 17.7 Å². The molecule has 0 spiro atoms. The van der Waals surface area contributed by atoms with Crippen molar-refractivity contribution < 1.29 is 17.9 Å². The number of aryl methyl sites for hydroxylation is 1. The fourth-order valence-corrected chi connectivity index (χ4v) is 2.64. The molecule has 0 atom stereocenters. The van der Waals surface area contributed by atoms with E-state index >= 15 is 0 Å². The Balaban J connectivity index is 1.97. The number of hydrazine groups is 1. The Kier molecular flexibility index (Phi) is 4.58. The molecule has 0 bridgehead atoms. The summed E-state index contributed by atoms with van der Waals surface area (Å²) < 4.78 is 31.1. The summed E-state index contributed by atoms with van der Waals surface area (Å²) >= 11 is 0. The number of benzene rings is 1. The van der Waals surface area contributed by atoms with E-state index in [0.717, 1.165) is 5.56 Å². The molecule has 1 saturated heterocycles. The van der Waals surface area contributed by atoms with E-state index in [1.165, 1.54) is 12.1 Å². The summed E-state index contributed by atoms with van der Waals surface area (Å²) in [4.78, 5) is 11.7. The quantitative estimate of drug-likeness (QED) is 0.834. The van der Waals surface area contributed by atoms with E-state index in [1.54, 1.807) is 17.1 Å². The Morgan fingerprint density at radius 2 is 1.80 bits per heavy atom. The minimum atomic E-state index is -3.85. The molecule has 1 aliphatic heterocycles. The number of carbonyl (C=O) groups is 1. The molecule has 0 radical (unpaired) electrons. The van der Waals surface area contributed by atoms with Gasteiger partial charge in [-0.25, -0.2) is 22.9 Å². The van der Waals surface area contributed by atoms with Gasteiger partial charge in [0.05, 0.1) is 18.1 Å². The number of hydrogen-bond donors (Lipinski definition) is 2. The van der Waals surface area contributed by atoms with E-state index in [1.807, 2.05) is 11.6 Å². The highest BCUT2D eigenvalue weighted by atomic mass is 32.2. The molecule has 0 saturated carbocycles. The minimum Gasteiger partial charge on any atom is -0.379 e. The molecule has 0 aromatic heterocycles. The van der Waals surface area contributed by atoms with E-state index in [0.29, 0.717) is 26.3 Å². The third-order valence-corrected chi connectivity index (χ3v) is 4.18. The summed E-state index contributed by atoms with van der Waals surface area (Å²) in [6, 6.07) is 5.50. The van der Waals surface area contributed by atoms with Gasteiger partial charge < -0.3 is 4.74 Å². The number of carbonyl (C=O) groups excluding carboxylic acids is 1. The van der Waals surface area contributed by atoms with Crippen molar-refractivity contribution in [1.29, 1.82) is 0 Å². The second-order valence-corrected chi connectivity index (χ2v) is 6.14. The van der Waals surface area contributed by atoms with Gasteiger partial charge in [0.15, 0.2) is 0 Å². The largest absolute Gasteiger partial charge is 0.379 e. The summed E-state index contributed by atoms with van der Waals surface area (Å²) in [6.45, 7) is 3.92. The summed E-state index contributed by atoms with van der Waals surface area (Å²) in [5.41, 5.74) is 3.43. The molecule has 1 aromatic carbocycles. The van der Waals surface area contributed by atoms with E-state index < -0.39 is 16.1 Å². The maximum atomic E-state index is 12.0. The SMILES string of the molecule is Cc1ccc(S(=O)(=O)NC(=O)NN2CCOCC2)cc1. The molecule has 0 aliphatic carbocycles. The van der Waals surface area contributed by atoms with Crippen LogP contribution >= 0.6 is 0 Å². The first-order valence-electron chi connectivity index (χ1n) is 6.20. The number of urea groups is 1. The average Bonchev–Trinajstić information content (AvgIpc) is 2.39. The highest BCUT2D eigenvalue weighted by Gasteiger charge is 2.19. The molecule has 2 N–H and O–H groups in total. The first-order valence-corrected chi connectivity index (χ1v) is 7.68. The van der Waals surface area contributed by atoms with Crippen LogP contribution in [0.1, 0.15) is 5.56 Å². The molecule has 1 fully saturated rings. The number of nitrogens with one attached hydrogen (secondary N) is 2. The van der Waals surface area contributed by atoms with Gasteiger partial charge in [-0.05, 0) is 19.1 Å². The molecule has 110 valence electrons. The van der Waals surface area contributed by atoms with Gasteiger partial charge in [-0.15, -0.1) is 0 Å². The number of rotatable bonds is 3. The normalized spacial score (nSPS) is 16.6. The standard InChI is InChI=1S/C12H17N3O4S/c1-10-2-4-11(5-3-10)20(17,18)14-12(16)13-15-6-8-19-9-7-15/h2-5H,6-9H2,1H3,(H2,13,14,16). The number of amides is 2. The first-order chi connectivity index (χ1) is 9.47. The van der Waals surface area contributed by atoms with Gasteiger partial charge in [-0.3, -0.25) is 5.43 Å². The highest BCUT2D eigenvalue weighted by molar-refractivity contribution is 7.90. The van der Waals surface area contributed by atoms with Crippen LogP contribution in [0, 0.1) is 6.92 Å². The van der Waals surface area contributed by atoms with Crippen molar-refractivity contribution in [3.05, 3.63) is 29.8 Å². The average molecular weight is 299 g/mol. The number of sulfonamides is 1. The van der Waals surface area contributed by atoms with Crippen LogP contribution in [-0.4, -0.2) is 45.8 Å². The predicted octanol–water partition coefficient (Wildman–Crippen LogP) is 0.230. The smallest absolute Gasteiger partial charge is 0.343 e. The topological polar surface area (TPSA) is 87.7 Å². The van der Waals surface area contributed by atoms with Crippen molar-refractivity contribution in [3.8, 4) is 0 Å². The Morgan fingerprint density at radius 3 is 2.40 bits per heavy atom. The van der Waals surface area contributed by atoms with Crippen molar-refractivity contribution in [2.24, 2.45) is 0 Å². The van der Waals surface area contributed by atoms with Gasteiger partial charge in [0, 0.05) is 13.1 Å². The third kappa shape index (κ3) is 3.92. The van der Waals surface area contributed by atoms with Crippen LogP contribution in [0.5, 0.6) is 0 Å². The van der Waals surface area contributed by atoms with Crippen LogP contribution in [0.3, 0.4) is 0 Å². The van der Waals surface area contributed by atoms with Crippen molar-refractivity contribution in [1.82, 2.24) is 15.2 Å². The van der Waals surface area contributed by atoms with Crippen molar-refractivity contribution in [3.63, 3.8) is 0 Å². The summed E-state index contributed by atoms with van der Waals surface area (Å²) in [5, 5.41) is 1.61. The molecule has 1 aliphatic rings. The van der Waals surface area contributed by atoms with Crippen LogP contribution in [0.25, 0.3) is 0 Å². The van der Waals surface area contributed by atoms with Crippen LogP contribution in [0.2, 0.25) is 0 Å². The van der Waals surface area contributed by atoms with Gasteiger partial charge in [0.1, 0.15) is 0 Å². The lowest BCUT2D eigenvalue weighted by atomic mass is 10.2. The zero-order chi connectivity index (χ0) is 14.6. The van der Waals surface area contributed by atoms with E-state index in [9.17, 15) is 13.2 Å². The molecular formula is C12H17N3O4S. The van der Waals surface area contributed by atoms with Crippen molar-refractivity contribution in [2.75, 3.05) is 26.3 Å². The molecule has 7 nitrogen and oxygen atoms in total. The van der Waals surface area contributed by atoms with Gasteiger partial charge >= 0.3 is 6.03 Å². The zero-order valence-electron chi connectivity index (χ0n) is 11.1. The molecular weight excluding hydrogens is 282 g/mol. The Hall–Kier alpha value is -1.64. The van der Waals surface area contributed by atoms with E-state index in [2.05, 4.69) is 5.43 Å². The number of hydrogen-bond acceptors (Lipinski definition) is 5. The molecule has 8 heteroatoms. The summed E-state index contributed by atoms with van der Waals surface area (Å²) in [5.74, 6) is 0. The van der Waals surface area contributed by atoms with Crippen LogP contribution in [-0.2, 0) is 14.8 Å². The van der Waals surface area contributed by atoms with Gasteiger partial charge in [0.25, 0.3) is 10.0 Å². The molecule has 20 heavy (non-hydrogen) atoms. The monoisotopic (exact) mass is 299 g/mol. The Bertz CT molecular complexity index is 565. The van der Waals surface area contributed by atoms with Crippen molar-refractivity contribution >= 4 is 16.1 Å². The lowest BCUT2D eigenvalue weighted by Crippen LogP contribution is -2.52. The lowest BCUT2D eigenvalue weighted by Gasteiger charge is -2.26. The number of nitrogens with zero attached hydrogens (tertiary/aromatic N) is 1. The zero-order valence-corrected chi connectivity index (χ0v) is 11.9. The Morgan fingerprint density at radius 1 is 1.20 bits per heavy atom. The molecule has 2 rings (SSSR count). The summed E-state index contributed by atoms with van der Waals surface area (Å²) in [6.07, 6.45) is 0. The fourth-order valence-electron chi connectivity index (χ4n) is 1.74. The second-order valence-electron chi connectivity index (χ2n) is 4.46. The van der Waals surface area contributed by atoms with Crippen LogP contribution in [0.15, 0.2) is 29.2 Å². The number of ether oxygens (including phenoxy) is 1. The fraction of sp³-hybridized carbons (Fsp3) is 0.417. The van der Waals surface area contributed by atoms with Gasteiger partial charge in [0.2, 0.25) is 0 Å².